The van der Waals surface area contributed by atoms with Crippen LogP contribution in [0.15, 0.2) is 18.5 Å². The molecule has 6 nitrogen and oxygen atoms in total. The fraction of sp³-hybridized carbons (Fsp3) is 0.722. The van der Waals surface area contributed by atoms with Crippen LogP contribution in [-0.2, 0) is 16.1 Å². The number of carbonyl (C=O) groups is 2. The van der Waals surface area contributed by atoms with Crippen molar-refractivity contribution in [2.45, 2.75) is 64.0 Å². The van der Waals surface area contributed by atoms with Gasteiger partial charge in [-0.1, -0.05) is 19.3 Å². The Bertz CT molecular complexity index is 537. The maximum Gasteiger partial charge on any atom is 0.242 e. The first kappa shape index (κ1) is 17.0. The van der Waals surface area contributed by atoms with Gasteiger partial charge in [-0.15, -0.1) is 0 Å². The molecule has 1 saturated carbocycles. The molecule has 2 fully saturated rings. The highest BCUT2D eigenvalue weighted by Crippen LogP contribution is 2.28. The van der Waals surface area contributed by atoms with Gasteiger partial charge in [0.1, 0.15) is 6.04 Å². The molecule has 24 heavy (non-hydrogen) atoms. The van der Waals surface area contributed by atoms with Crippen molar-refractivity contribution in [3.05, 3.63) is 18.5 Å². The molecule has 1 aromatic rings. The zero-order valence-corrected chi connectivity index (χ0v) is 14.3. The molecule has 1 aromatic heterocycles. The second-order valence-electron chi connectivity index (χ2n) is 6.94. The van der Waals surface area contributed by atoms with Crippen LogP contribution in [0, 0.1) is 5.92 Å². The topological polar surface area (TPSA) is 67.2 Å². The van der Waals surface area contributed by atoms with E-state index in [9.17, 15) is 9.59 Å². The minimum absolute atomic E-state index is 0.0112. The Morgan fingerprint density at radius 2 is 1.96 bits per heavy atom. The largest absolute Gasteiger partial charge is 0.354 e. The Hall–Kier alpha value is -1.85. The van der Waals surface area contributed by atoms with Crippen LogP contribution in [0.25, 0.3) is 0 Å². The molecule has 6 heteroatoms. The molecule has 1 aliphatic carbocycles. The number of likely N-dealkylation sites (tertiary alicyclic amines) is 1. The highest BCUT2D eigenvalue weighted by Gasteiger charge is 2.37. The van der Waals surface area contributed by atoms with Crippen LogP contribution in [0.2, 0.25) is 0 Å². The number of nitrogens with zero attached hydrogens (tertiary/aromatic N) is 3. The Morgan fingerprint density at radius 1 is 1.12 bits per heavy atom. The van der Waals surface area contributed by atoms with Crippen molar-refractivity contribution in [1.82, 2.24) is 20.0 Å². The van der Waals surface area contributed by atoms with E-state index in [1.807, 2.05) is 21.8 Å². The van der Waals surface area contributed by atoms with Gasteiger partial charge in [0.2, 0.25) is 11.8 Å². The molecule has 1 unspecified atom stereocenters. The van der Waals surface area contributed by atoms with Crippen LogP contribution in [0.4, 0.5) is 0 Å². The van der Waals surface area contributed by atoms with Crippen LogP contribution < -0.4 is 5.32 Å². The summed E-state index contributed by atoms with van der Waals surface area (Å²) in [6.07, 6.45) is 11.8. The number of hydrogen-bond acceptors (Lipinski definition) is 3. The Morgan fingerprint density at radius 3 is 2.71 bits per heavy atom. The molecule has 1 saturated heterocycles. The van der Waals surface area contributed by atoms with Crippen molar-refractivity contribution in [3.8, 4) is 0 Å². The molecule has 2 heterocycles. The van der Waals surface area contributed by atoms with E-state index in [0.717, 1.165) is 58.0 Å². The van der Waals surface area contributed by atoms with Gasteiger partial charge in [0, 0.05) is 37.9 Å². The lowest BCUT2D eigenvalue weighted by Crippen LogP contribution is -2.48. The number of aromatic nitrogens is 2. The number of aryl methyl sites for hydroxylation is 1. The zero-order chi connectivity index (χ0) is 16.8. The van der Waals surface area contributed by atoms with Crippen molar-refractivity contribution < 1.29 is 9.59 Å². The zero-order valence-electron chi connectivity index (χ0n) is 14.3. The smallest absolute Gasteiger partial charge is 0.242 e. The van der Waals surface area contributed by atoms with Gasteiger partial charge in [-0.05, 0) is 38.2 Å². The molecule has 0 bridgehead atoms. The summed E-state index contributed by atoms with van der Waals surface area (Å²) in [4.78, 5) is 27.1. The standard InChI is InChI=1S/C18H28N4O2/c23-17(19-10-5-12-21-13-6-11-20-21)16-9-4-14-22(16)18(24)15-7-2-1-3-8-15/h6,11,13,15-16H,1-5,7-10,12,14H2,(H,19,23). The van der Waals surface area contributed by atoms with E-state index >= 15 is 0 Å². The Balaban J connectivity index is 1.45. The van der Waals surface area contributed by atoms with Gasteiger partial charge in [0.15, 0.2) is 0 Å². The molecular weight excluding hydrogens is 304 g/mol. The van der Waals surface area contributed by atoms with Crippen LogP contribution in [0.1, 0.15) is 51.4 Å². The Kier molecular flexibility index (Phi) is 5.88. The maximum atomic E-state index is 12.7. The van der Waals surface area contributed by atoms with E-state index < -0.39 is 0 Å². The van der Waals surface area contributed by atoms with Crippen LogP contribution in [-0.4, -0.2) is 45.6 Å². The molecule has 1 aliphatic heterocycles. The van der Waals surface area contributed by atoms with Gasteiger partial charge < -0.3 is 10.2 Å². The number of hydrogen-bond donors (Lipinski definition) is 1. The lowest BCUT2D eigenvalue weighted by atomic mass is 9.88. The summed E-state index contributed by atoms with van der Waals surface area (Å²) < 4.78 is 1.86. The second kappa shape index (κ2) is 8.31. The van der Waals surface area contributed by atoms with Crippen molar-refractivity contribution in [1.29, 1.82) is 0 Å². The third-order valence-corrected chi connectivity index (χ3v) is 5.22. The first-order chi connectivity index (χ1) is 11.8. The molecule has 2 amide bonds. The number of amides is 2. The average Bonchev–Trinajstić information content (AvgIpc) is 3.30. The normalized spacial score (nSPS) is 21.8. The molecular formula is C18H28N4O2. The van der Waals surface area contributed by atoms with Gasteiger partial charge in [-0.2, -0.15) is 5.10 Å². The van der Waals surface area contributed by atoms with Gasteiger partial charge in [-0.25, -0.2) is 0 Å². The highest BCUT2D eigenvalue weighted by atomic mass is 16.2. The van der Waals surface area contributed by atoms with Crippen molar-refractivity contribution in [3.63, 3.8) is 0 Å². The lowest BCUT2D eigenvalue weighted by Gasteiger charge is -2.30. The quantitative estimate of drug-likeness (QED) is 0.810. The number of rotatable bonds is 6. The van der Waals surface area contributed by atoms with Crippen molar-refractivity contribution in [2.24, 2.45) is 5.92 Å². The molecule has 0 aromatic carbocycles. The molecule has 132 valence electrons. The van der Waals surface area contributed by atoms with Crippen molar-refractivity contribution in [2.75, 3.05) is 13.1 Å². The van der Waals surface area contributed by atoms with E-state index in [4.69, 9.17) is 0 Å². The predicted molar refractivity (Wildman–Crippen MR) is 91.2 cm³/mol. The summed E-state index contributed by atoms with van der Waals surface area (Å²) in [5.74, 6) is 0.369. The van der Waals surface area contributed by atoms with E-state index in [1.165, 1.54) is 6.42 Å². The first-order valence-electron chi connectivity index (χ1n) is 9.31. The highest BCUT2D eigenvalue weighted by molar-refractivity contribution is 5.89. The van der Waals surface area contributed by atoms with Gasteiger partial charge >= 0.3 is 0 Å². The van der Waals surface area contributed by atoms with E-state index in [-0.39, 0.29) is 23.8 Å². The molecule has 0 spiro atoms. The fourth-order valence-electron chi connectivity index (χ4n) is 3.89. The third kappa shape index (κ3) is 4.16. The molecule has 0 radical (unpaired) electrons. The summed E-state index contributed by atoms with van der Waals surface area (Å²) in [5, 5.41) is 7.15. The predicted octanol–water partition coefficient (Wildman–Crippen LogP) is 1.96. The molecule has 3 rings (SSSR count). The minimum atomic E-state index is -0.260. The SMILES string of the molecule is O=C(NCCCn1cccn1)C1CCCN1C(=O)C1CCCCC1. The Labute approximate surface area is 143 Å². The summed E-state index contributed by atoms with van der Waals surface area (Å²) >= 11 is 0. The van der Waals surface area contributed by atoms with E-state index in [1.54, 1.807) is 6.20 Å². The van der Waals surface area contributed by atoms with Crippen LogP contribution >= 0.6 is 0 Å². The monoisotopic (exact) mass is 332 g/mol. The van der Waals surface area contributed by atoms with E-state index in [0.29, 0.717) is 6.54 Å². The average molecular weight is 332 g/mol. The number of nitrogens with one attached hydrogen (secondary N) is 1. The van der Waals surface area contributed by atoms with Crippen molar-refractivity contribution >= 4 is 11.8 Å². The third-order valence-electron chi connectivity index (χ3n) is 5.22. The summed E-state index contributed by atoms with van der Waals surface area (Å²) in [6.45, 7) is 2.16. The van der Waals surface area contributed by atoms with Crippen LogP contribution in [0.5, 0.6) is 0 Å². The fourth-order valence-corrected chi connectivity index (χ4v) is 3.89. The van der Waals surface area contributed by atoms with Gasteiger partial charge in [-0.3, -0.25) is 14.3 Å². The minimum Gasteiger partial charge on any atom is -0.354 e. The summed E-state index contributed by atoms with van der Waals surface area (Å²) in [5.41, 5.74) is 0. The summed E-state index contributed by atoms with van der Waals surface area (Å²) in [6, 6.07) is 1.63. The summed E-state index contributed by atoms with van der Waals surface area (Å²) in [7, 11) is 0. The molecule has 1 atom stereocenters. The molecule has 1 N–H and O–H groups in total. The van der Waals surface area contributed by atoms with Gasteiger partial charge in [0.25, 0.3) is 0 Å². The number of carbonyl (C=O) groups excluding carboxylic acids is 2. The maximum absolute atomic E-state index is 12.7. The lowest BCUT2D eigenvalue weighted by molar-refractivity contribution is -0.142. The van der Waals surface area contributed by atoms with Gasteiger partial charge in [0.05, 0.1) is 0 Å². The second-order valence-corrected chi connectivity index (χ2v) is 6.94. The molecule has 2 aliphatic rings. The first-order valence-corrected chi connectivity index (χ1v) is 9.31. The van der Waals surface area contributed by atoms with E-state index in [2.05, 4.69) is 10.4 Å². The van der Waals surface area contributed by atoms with Crippen LogP contribution in [0.3, 0.4) is 0 Å².